The number of anilines is 1. The van der Waals surface area contributed by atoms with Gasteiger partial charge in [0.1, 0.15) is 0 Å². The maximum absolute atomic E-state index is 12.0. The van der Waals surface area contributed by atoms with Gasteiger partial charge in [0.05, 0.1) is 5.69 Å². The molecule has 17 heavy (non-hydrogen) atoms. The highest BCUT2D eigenvalue weighted by atomic mass is 16.2. The molecule has 0 bridgehead atoms. The van der Waals surface area contributed by atoms with E-state index in [0.717, 1.165) is 12.8 Å². The van der Waals surface area contributed by atoms with Crippen LogP contribution < -0.4 is 4.90 Å². The first-order valence-corrected chi connectivity index (χ1v) is 6.13. The molecule has 1 atom stereocenters. The summed E-state index contributed by atoms with van der Waals surface area (Å²) in [4.78, 5) is 25.1. The van der Waals surface area contributed by atoms with Crippen LogP contribution in [0.1, 0.15) is 32.3 Å². The molecule has 0 saturated carbocycles. The van der Waals surface area contributed by atoms with Crippen LogP contribution >= 0.6 is 0 Å². The minimum absolute atomic E-state index is 0.0539. The van der Waals surface area contributed by atoms with E-state index < -0.39 is 0 Å². The van der Waals surface area contributed by atoms with Gasteiger partial charge in [-0.05, 0) is 30.5 Å². The Balaban J connectivity index is 2.27. The van der Waals surface area contributed by atoms with Crippen molar-refractivity contribution in [1.82, 2.24) is 0 Å². The fraction of sp³-hybridized carbons (Fsp3) is 0.429. The molecule has 3 heteroatoms. The van der Waals surface area contributed by atoms with E-state index >= 15 is 0 Å². The Hall–Kier alpha value is -1.64. The van der Waals surface area contributed by atoms with Crippen LogP contribution in [-0.4, -0.2) is 11.8 Å². The fourth-order valence-corrected chi connectivity index (χ4v) is 2.17. The number of hydrogen-bond acceptors (Lipinski definition) is 2. The van der Waals surface area contributed by atoms with Crippen LogP contribution in [-0.2, 0) is 16.0 Å². The molecule has 2 amide bonds. The monoisotopic (exact) mass is 231 g/mol. The van der Waals surface area contributed by atoms with Gasteiger partial charge in [-0.15, -0.1) is 0 Å². The van der Waals surface area contributed by atoms with Crippen LogP contribution in [0.25, 0.3) is 0 Å². The van der Waals surface area contributed by atoms with Crippen LogP contribution in [0.3, 0.4) is 0 Å². The molecule has 1 unspecified atom stereocenters. The van der Waals surface area contributed by atoms with Gasteiger partial charge in [0.2, 0.25) is 11.8 Å². The van der Waals surface area contributed by atoms with Crippen molar-refractivity contribution in [2.24, 2.45) is 5.92 Å². The molecule has 1 aliphatic heterocycles. The first-order valence-electron chi connectivity index (χ1n) is 6.13. The summed E-state index contributed by atoms with van der Waals surface area (Å²) in [7, 11) is 0. The lowest BCUT2D eigenvalue weighted by Crippen LogP contribution is -2.30. The van der Waals surface area contributed by atoms with E-state index in [9.17, 15) is 9.59 Å². The van der Waals surface area contributed by atoms with Crippen molar-refractivity contribution in [3.63, 3.8) is 0 Å². The molecule has 1 aromatic rings. The van der Waals surface area contributed by atoms with Crippen LogP contribution in [0.2, 0.25) is 0 Å². The number of carbonyl (C=O) groups excluding carboxylic acids is 2. The Kier molecular flexibility index (Phi) is 3.27. The van der Waals surface area contributed by atoms with Crippen molar-refractivity contribution in [1.29, 1.82) is 0 Å². The molecule has 3 nitrogen and oxygen atoms in total. The molecular weight excluding hydrogens is 214 g/mol. The molecule has 0 aromatic heterocycles. The lowest BCUT2D eigenvalue weighted by Gasteiger charge is -2.15. The second-order valence-electron chi connectivity index (χ2n) is 4.40. The predicted molar refractivity (Wildman–Crippen MR) is 66.7 cm³/mol. The number of hydrogen-bond donors (Lipinski definition) is 0. The second-order valence-corrected chi connectivity index (χ2v) is 4.40. The van der Waals surface area contributed by atoms with Crippen LogP contribution in [0.5, 0.6) is 0 Å². The van der Waals surface area contributed by atoms with Gasteiger partial charge in [0.25, 0.3) is 0 Å². The third-order valence-corrected chi connectivity index (χ3v) is 3.34. The summed E-state index contributed by atoms with van der Waals surface area (Å²) in [6, 6.07) is 7.64. The summed E-state index contributed by atoms with van der Waals surface area (Å²) < 4.78 is 0. The molecule has 0 N–H and O–H groups in total. The van der Waals surface area contributed by atoms with Crippen molar-refractivity contribution >= 4 is 17.5 Å². The summed E-state index contributed by atoms with van der Waals surface area (Å²) in [6.45, 7) is 4.02. The normalized spacial score (nSPS) is 20.1. The average molecular weight is 231 g/mol. The number of imide groups is 1. The lowest BCUT2D eigenvalue weighted by molar-refractivity contribution is -0.122. The van der Waals surface area contributed by atoms with Gasteiger partial charge in [0.15, 0.2) is 0 Å². The Bertz CT molecular complexity index is 436. The Labute approximate surface area is 101 Å². The van der Waals surface area contributed by atoms with Crippen molar-refractivity contribution in [3.8, 4) is 0 Å². The number of nitrogens with zero attached hydrogens (tertiary/aromatic N) is 1. The van der Waals surface area contributed by atoms with Gasteiger partial charge >= 0.3 is 0 Å². The highest BCUT2D eigenvalue weighted by molar-refractivity contribution is 6.20. The van der Waals surface area contributed by atoms with Gasteiger partial charge in [-0.3, -0.25) is 14.5 Å². The number of carbonyl (C=O) groups is 2. The van der Waals surface area contributed by atoms with Gasteiger partial charge in [0, 0.05) is 12.3 Å². The zero-order valence-corrected chi connectivity index (χ0v) is 10.3. The second kappa shape index (κ2) is 4.70. The molecule has 1 heterocycles. The topological polar surface area (TPSA) is 37.4 Å². The van der Waals surface area contributed by atoms with E-state index in [0.29, 0.717) is 12.1 Å². The maximum Gasteiger partial charge on any atom is 0.237 e. The van der Waals surface area contributed by atoms with Crippen molar-refractivity contribution in [2.75, 3.05) is 4.90 Å². The molecule has 0 aliphatic carbocycles. The molecule has 1 aliphatic rings. The van der Waals surface area contributed by atoms with Crippen molar-refractivity contribution < 1.29 is 9.59 Å². The molecule has 1 saturated heterocycles. The summed E-state index contributed by atoms with van der Waals surface area (Å²) in [5.41, 5.74) is 1.91. The third-order valence-electron chi connectivity index (χ3n) is 3.34. The van der Waals surface area contributed by atoms with E-state index in [1.165, 1.54) is 10.5 Å². The van der Waals surface area contributed by atoms with Gasteiger partial charge in [-0.2, -0.15) is 0 Å². The van der Waals surface area contributed by atoms with Gasteiger partial charge in [-0.1, -0.05) is 26.0 Å². The number of rotatable bonds is 3. The smallest absolute Gasteiger partial charge is 0.237 e. The molecule has 1 aromatic carbocycles. The summed E-state index contributed by atoms with van der Waals surface area (Å²) in [6.07, 6.45) is 2.04. The largest absolute Gasteiger partial charge is 0.274 e. The first kappa shape index (κ1) is 11.8. The lowest BCUT2D eigenvalue weighted by atomic mass is 10.1. The minimum Gasteiger partial charge on any atom is -0.274 e. The number of aryl methyl sites for hydroxylation is 1. The summed E-state index contributed by atoms with van der Waals surface area (Å²) in [5.74, 6) is -0.263. The van der Waals surface area contributed by atoms with Crippen molar-refractivity contribution in [2.45, 2.75) is 33.1 Å². The van der Waals surface area contributed by atoms with E-state index in [2.05, 4.69) is 6.92 Å². The molecule has 1 fully saturated rings. The zero-order valence-electron chi connectivity index (χ0n) is 10.3. The SMILES string of the molecule is CCc1ccc(N2C(=O)CC(CC)C2=O)cc1. The van der Waals surface area contributed by atoms with E-state index in [-0.39, 0.29) is 17.7 Å². The Morgan fingerprint density at radius 2 is 1.82 bits per heavy atom. The Morgan fingerprint density at radius 1 is 1.18 bits per heavy atom. The zero-order chi connectivity index (χ0) is 12.4. The third kappa shape index (κ3) is 2.09. The molecule has 0 radical (unpaired) electrons. The maximum atomic E-state index is 12.0. The molecule has 2 rings (SSSR count). The minimum atomic E-state index is -0.131. The molecular formula is C14H17NO2. The quantitative estimate of drug-likeness (QED) is 0.750. The van der Waals surface area contributed by atoms with Crippen LogP contribution in [0.4, 0.5) is 5.69 Å². The van der Waals surface area contributed by atoms with Crippen LogP contribution in [0, 0.1) is 5.92 Å². The highest BCUT2D eigenvalue weighted by Gasteiger charge is 2.38. The van der Waals surface area contributed by atoms with Gasteiger partial charge < -0.3 is 0 Å². The standard InChI is InChI=1S/C14H17NO2/c1-3-10-5-7-12(8-6-10)15-13(16)9-11(4-2)14(15)17/h5-8,11H,3-4,9H2,1-2H3. The predicted octanol–water partition coefficient (Wildman–Crippen LogP) is 2.54. The van der Waals surface area contributed by atoms with Gasteiger partial charge in [-0.25, -0.2) is 0 Å². The number of amides is 2. The fourth-order valence-electron chi connectivity index (χ4n) is 2.17. The molecule has 0 spiro atoms. The average Bonchev–Trinajstić information content (AvgIpc) is 2.64. The van der Waals surface area contributed by atoms with Crippen molar-refractivity contribution in [3.05, 3.63) is 29.8 Å². The number of benzene rings is 1. The molecule has 90 valence electrons. The van der Waals surface area contributed by atoms with E-state index in [1.54, 1.807) is 0 Å². The van der Waals surface area contributed by atoms with Crippen LogP contribution in [0.15, 0.2) is 24.3 Å². The van der Waals surface area contributed by atoms with E-state index in [4.69, 9.17) is 0 Å². The highest BCUT2D eigenvalue weighted by Crippen LogP contribution is 2.28. The summed E-state index contributed by atoms with van der Waals surface area (Å²) >= 11 is 0. The summed E-state index contributed by atoms with van der Waals surface area (Å²) in [5, 5.41) is 0. The first-order chi connectivity index (χ1) is 8.17. The van der Waals surface area contributed by atoms with E-state index in [1.807, 2.05) is 31.2 Å². The Morgan fingerprint density at radius 3 is 2.29 bits per heavy atom.